The molecule has 2 atom stereocenters. The highest BCUT2D eigenvalue weighted by molar-refractivity contribution is 6.05. The number of ether oxygens (including phenoxy) is 2. The first-order chi connectivity index (χ1) is 16.2. The summed E-state index contributed by atoms with van der Waals surface area (Å²) in [4.78, 5) is 15.8. The van der Waals surface area contributed by atoms with Gasteiger partial charge < -0.3 is 14.8 Å². The number of amides is 1. The summed E-state index contributed by atoms with van der Waals surface area (Å²) < 4.78 is 12.9. The van der Waals surface area contributed by atoms with E-state index in [9.17, 15) is 4.79 Å². The van der Waals surface area contributed by atoms with Crippen LogP contribution in [0.4, 0.5) is 0 Å². The third kappa shape index (κ3) is 4.38. The van der Waals surface area contributed by atoms with Gasteiger partial charge in [-0.25, -0.2) is 4.68 Å². The summed E-state index contributed by atoms with van der Waals surface area (Å²) in [7, 11) is 1.68. The Hall–Kier alpha value is -3.16. The Morgan fingerprint density at radius 1 is 1.15 bits per heavy atom. The Morgan fingerprint density at radius 3 is 2.58 bits per heavy atom. The van der Waals surface area contributed by atoms with E-state index in [4.69, 9.17) is 9.47 Å². The lowest BCUT2D eigenvalue weighted by atomic mass is 9.89. The second-order valence-electron chi connectivity index (χ2n) is 8.80. The van der Waals surface area contributed by atoms with Crippen molar-refractivity contribution < 1.29 is 14.3 Å². The zero-order chi connectivity index (χ0) is 22.8. The van der Waals surface area contributed by atoms with Crippen molar-refractivity contribution in [1.82, 2.24) is 20.0 Å². The number of carbonyl (C=O) groups is 1. The number of carbonyl (C=O) groups excluding carboxylic acids is 1. The van der Waals surface area contributed by atoms with E-state index >= 15 is 0 Å². The maximum Gasteiger partial charge on any atom is 0.272 e. The van der Waals surface area contributed by atoms with E-state index in [0.717, 1.165) is 36.0 Å². The van der Waals surface area contributed by atoms with Gasteiger partial charge in [-0.1, -0.05) is 36.4 Å². The first-order valence-corrected chi connectivity index (χ1v) is 11.5. The Balaban J connectivity index is 1.29. The van der Waals surface area contributed by atoms with Crippen molar-refractivity contribution in [1.29, 1.82) is 0 Å². The molecule has 0 aliphatic carbocycles. The number of nitrogens with one attached hydrogen (secondary N) is 1. The summed E-state index contributed by atoms with van der Waals surface area (Å²) in [6, 6.07) is 16.8. The second-order valence-corrected chi connectivity index (χ2v) is 8.80. The average molecular weight is 447 g/mol. The molecular weight excluding hydrogens is 416 g/mol. The molecule has 5 rings (SSSR count). The molecule has 2 saturated heterocycles. The van der Waals surface area contributed by atoms with Crippen LogP contribution in [0.15, 0.2) is 54.6 Å². The van der Waals surface area contributed by atoms with Crippen LogP contribution in [0.1, 0.15) is 35.8 Å². The van der Waals surface area contributed by atoms with Gasteiger partial charge in [0.25, 0.3) is 5.91 Å². The summed E-state index contributed by atoms with van der Waals surface area (Å²) >= 11 is 0. The second kappa shape index (κ2) is 9.37. The van der Waals surface area contributed by atoms with Crippen molar-refractivity contribution in [3.8, 4) is 5.75 Å². The first-order valence-electron chi connectivity index (χ1n) is 11.5. The predicted molar refractivity (Wildman–Crippen MR) is 128 cm³/mol. The number of morpholine rings is 1. The topological polar surface area (TPSA) is 68.6 Å². The quantitative estimate of drug-likeness (QED) is 0.625. The summed E-state index contributed by atoms with van der Waals surface area (Å²) in [6.07, 6.45) is 5.52. The van der Waals surface area contributed by atoms with Crippen molar-refractivity contribution in [3.05, 3.63) is 65.9 Å². The minimum atomic E-state index is -0.109. The van der Waals surface area contributed by atoms with Gasteiger partial charge in [0.2, 0.25) is 0 Å². The van der Waals surface area contributed by atoms with Gasteiger partial charge in [0.05, 0.1) is 25.8 Å². The third-order valence-corrected chi connectivity index (χ3v) is 6.65. The van der Waals surface area contributed by atoms with E-state index in [1.54, 1.807) is 11.8 Å². The number of hydrogen-bond donors (Lipinski definition) is 1. The van der Waals surface area contributed by atoms with Gasteiger partial charge in [-0.3, -0.25) is 9.69 Å². The molecule has 172 valence electrons. The lowest BCUT2D eigenvalue weighted by Gasteiger charge is -2.48. The molecule has 2 aliphatic rings. The minimum Gasteiger partial charge on any atom is -0.497 e. The standard InChI is InChI=1S/C26H30N4O3/c1-3-12-30-24-7-5-4-6-23(24)25(28-30)26(31)27-19-13-20-16-33-17-21(14-19)29(20)15-18-8-10-22(32-2)11-9-18/h3-12,19-21H,13-17H2,1-2H3,(H,27,31). The maximum atomic E-state index is 13.2. The molecule has 0 spiro atoms. The first kappa shape index (κ1) is 21.7. The largest absolute Gasteiger partial charge is 0.497 e. The van der Waals surface area contributed by atoms with Crippen molar-refractivity contribution in [2.75, 3.05) is 20.3 Å². The summed E-state index contributed by atoms with van der Waals surface area (Å²) in [5.41, 5.74) is 2.67. The Labute approximate surface area is 194 Å². The third-order valence-electron chi connectivity index (χ3n) is 6.65. The zero-order valence-electron chi connectivity index (χ0n) is 19.1. The molecule has 3 aromatic rings. The van der Waals surface area contributed by atoms with Crippen LogP contribution < -0.4 is 10.1 Å². The van der Waals surface area contributed by atoms with E-state index in [0.29, 0.717) is 18.9 Å². The molecule has 33 heavy (non-hydrogen) atoms. The van der Waals surface area contributed by atoms with Crippen LogP contribution >= 0.6 is 0 Å². The molecule has 7 nitrogen and oxygen atoms in total. The van der Waals surface area contributed by atoms with Crippen LogP contribution in [0.5, 0.6) is 5.75 Å². The van der Waals surface area contributed by atoms with Crippen molar-refractivity contribution in [3.63, 3.8) is 0 Å². The van der Waals surface area contributed by atoms with Crippen LogP contribution in [0.3, 0.4) is 0 Å². The smallest absolute Gasteiger partial charge is 0.272 e. The molecule has 1 amide bonds. The van der Waals surface area contributed by atoms with E-state index in [-0.39, 0.29) is 24.0 Å². The Bertz CT molecular complexity index is 1140. The summed E-state index contributed by atoms with van der Waals surface area (Å²) in [6.45, 7) is 4.20. The summed E-state index contributed by atoms with van der Waals surface area (Å²) in [5.74, 6) is 0.759. The number of methoxy groups -OCH3 is 1. The van der Waals surface area contributed by atoms with Crippen LogP contribution in [-0.4, -0.2) is 59.0 Å². The molecule has 2 aromatic carbocycles. The van der Waals surface area contributed by atoms with Crippen molar-refractivity contribution in [2.45, 2.75) is 44.4 Å². The van der Waals surface area contributed by atoms with Gasteiger partial charge in [-0.2, -0.15) is 5.10 Å². The highest BCUT2D eigenvalue weighted by Crippen LogP contribution is 2.30. The number of nitrogens with zero attached hydrogens (tertiary/aromatic N) is 3. The van der Waals surface area contributed by atoms with Crippen molar-refractivity contribution >= 4 is 23.0 Å². The van der Waals surface area contributed by atoms with E-state index in [1.807, 2.05) is 55.6 Å². The molecule has 0 radical (unpaired) electrons. The molecule has 2 unspecified atom stereocenters. The lowest BCUT2D eigenvalue weighted by Crippen LogP contribution is -2.60. The maximum absolute atomic E-state index is 13.2. The average Bonchev–Trinajstić information content (AvgIpc) is 3.19. The number of aromatic nitrogens is 2. The van der Waals surface area contributed by atoms with Crippen LogP contribution in [0.25, 0.3) is 17.1 Å². The van der Waals surface area contributed by atoms with Crippen LogP contribution in [0, 0.1) is 0 Å². The highest BCUT2D eigenvalue weighted by atomic mass is 16.5. The van der Waals surface area contributed by atoms with Gasteiger partial charge >= 0.3 is 0 Å². The normalized spacial score (nSPS) is 23.2. The number of fused-ring (bicyclic) bond motifs is 3. The van der Waals surface area contributed by atoms with Crippen LogP contribution in [-0.2, 0) is 11.3 Å². The molecule has 3 heterocycles. The molecule has 1 aromatic heterocycles. The number of rotatable bonds is 6. The molecular formula is C26H30N4O3. The van der Waals surface area contributed by atoms with Gasteiger partial charge in [0.15, 0.2) is 5.69 Å². The monoisotopic (exact) mass is 446 g/mol. The van der Waals surface area contributed by atoms with E-state index in [1.165, 1.54) is 5.56 Å². The number of benzene rings is 2. The molecule has 0 saturated carbocycles. The number of allylic oxidation sites excluding steroid dienone is 1. The van der Waals surface area contributed by atoms with Gasteiger partial charge in [-0.05, 0) is 43.5 Å². The highest BCUT2D eigenvalue weighted by Gasteiger charge is 2.39. The fourth-order valence-corrected chi connectivity index (χ4v) is 5.07. The van der Waals surface area contributed by atoms with E-state index < -0.39 is 0 Å². The Kier molecular flexibility index (Phi) is 6.15. The summed E-state index contributed by atoms with van der Waals surface area (Å²) in [5, 5.41) is 8.72. The van der Waals surface area contributed by atoms with Crippen molar-refractivity contribution in [2.24, 2.45) is 0 Å². The SMILES string of the molecule is CC=Cn1nc(C(=O)NC2CC3COCC(C2)N3Cc2ccc(OC)cc2)c2ccccc21. The zero-order valence-corrected chi connectivity index (χ0v) is 19.1. The van der Waals surface area contributed by atoms with Gasteiger partial charge in [-0.15, -0.1) is 0 Å². The number of hydrogen-bond acceptors (Lipinski definition) is 5. The molecule has 2 aliphatic heterocycles. The molecule has 1 N–H and O–H groups in total. The minimum absolute atomic E-state index is 0.106. The van der Waals surface area contributed by atoms with Gasteiger partial charge in [0, 0.05) is 36.3 Å². The number of piperidine rings is 1. The van der Waals surface area contributed by atoms with E-state index in [2.05, 4.69) is 27.4 Å². The fraction of sp³-hybridized carbons (Fsp3) is 0.385. The predicted octanol–water partition coefficient (Wildman–Crippen LogP) is 3.70. The molecule has 2 bridgehead atoms. The fourth-order valence-electron chi connectivity index (χ4n) is 5.07. The lowest BCUT2D eigenvalue weighted by molar-refractivity contribution is -0.0843. The molecule has 2 fully saturated rings. The Morgan fingerprint density at radius 2 is 1.88 bits per heavy atom. The van der Waals surface area contributed by atoms with Crippen LogP contribution in [0.2, 0.25) is 0 Å². The number of para-hydroxylation sites is 1. The van der Waals surface area contributed by atoms with Gasteiger partial charge in [0.1, 0.15) is 5.75 Å². The molecule has 7 heteroatoms.